The predicted octanol–water partition coefficient (Wildman–Crippen LogP) is 3.36. The molecule has 0 aliphatic rings. The Bertz CT molecular complexity index is 475. The van der Waals surface area contributed by atoms with Crippen LogP contribution < -0.4 is 5.32 Å². The quantitative estimate of drug-likeness (QED) is 0.916. The Kier molecular flexibility index (Phi) is 4.84. The van der Waals surface area contributed by atoms with Crippen molar-refractivity contribution < 1.29 is 18.0 Å². The maximum Gasteiger partial charge on any atom is 0.417 e. The van der Waals surface area contributed by atoms with Crippen LogP contribution in [-0.2, 0) is 11.0 Å². The molecule has 0 fully saturated rings. The predicted molar refractivity (Wildman–Crippen MR) is 70.9 cm³/mol. The molecule has 1 aromatic carbocycles. The summed E-state index contributed by atoms with van der Waals surface area (Å²) in [5.41, 5.74) is -0.528. The van der Waals surface area contributed by atoms with E-state index in [9.17, 15) is 18.0 Å². The Morgan fingerprint density at radius 3 is 2.42 bits per heavy atom. The van der Waals surface area contributed by atoms with Crippen molar-refractivity contribution in [2.45, 2.75) is 19.1 Å². The molecule has 0 aliphatic heterocycles. The van der Waals surface area contributed by atoms with E-state index in [4.69, 9.17) is 0 Å². The number of amides is 1. The van der Waals surface area contributed by atoms with Crippen LogP contribution in [0.25, 0.3) is 0 Å². The minimum atomic E-state index is -4.44. The molecule has 19 heavy (non-hydrogen) atoms. The number of nitrogens with one attached hydrogen (secondary N) is 1. The summed E-state index contributed by atoms with van der Waals surface area (Å²) in [6.45, 7) is 1.59. The van der Waals surface area contributed by atoms with Crippen LogP contribution in [0, 0.1) is 0 Å². The molecular formula is C12H14BrF3N2O. The standard InChI is InChI=1S/C12H14BrF3N2O/c1-7(11(19)18(2)3)17-8-4-5-10(13)9(6-8)12(14,15)16/h4-7,17H,1-3H3. The van der Waals surface area contributed by atoms with Crippen molar-refractivity contribution in [1.29, 1.82) is 0 Å². The summed E-state index contributed by atoms with van der Waals surface area (Å²) >= 11 is 2.86. The topological polar surface area (TPSA) is 32.3 Å². The van der Waals surface area contributed by atoms with Gasteiger partial charge in [0.1, 0.15) is 6.04 Å². The molecule has 0 spiro atoms. The van der Waals surface area contributed by atoms with Gasteiger partial charge in [0.2, 0.25) is 5.91 Å². The molecule has 0 bridgehead atoms. The van der Waals surface area contributed by atoms with Gasteiger partial charge in [-0.2, -0.15) is 13.2 Å². The van der Waals surface area contributed by atoms with Crippen LogP contribution in [0.3, 0.4) is 0 Å². The molecule has 3 nitrogen and oxygen atoms in total. The Morgan fingerprint density at radius 2 is 1.95 bits per heavy atom. The fourth-order valence-electron chi connectivity index (χ4n) is 1.53. The van der Waals surface area contributed by atoms with Gasteiger partial charge < -0.3 is 10.2 Å². The summed E-state index contributed by atoms with van der Waals surface area (Å²) in [4.78, 5) is 13.0. The molecule has 1 aromatic rings. The van der Waals surface area contributed by atoms with Gasteiger partial charge in [0.15, 0.2) is 0 Å². The zero-order valence-electron chi connectivity index (χ0n) is 10.7. The van der Waals surface area contributed by atoms with Crippen LogP contribution in [0.2, 0.25) is 0 Å². The lowest BCUT2D eigenvalue weighted by molar-refractivity contribution is -0.138. The van der Waals surface area contributed by atoms with Gasteiger partial charge in [0.05, 0.1) is 5.56 Å². The number of hydrogen-bond acceptors (Lipinski definition) is 2. The minimum absolute atomic E-state index is 0.0304. The first-order chi connectivity index (χ1) is 8.62. The van der Waals surface area contributed by atoms with Gasteiger partial charge >= 0.3 is 6.18 Å². The van der Waals surface area contributed by atoms with E-state index in [-0.39, 0.29) is 16.1 Å². The third-order valence-corrected chi connectivity index (χ3v) is 3.16. The van der Waals surface area contributed by atoms with Gasteiger partial charge in [-0.05, 0) is 25.1 Å². The molecule has 106 valence electrons. The summed E-state index contributed by atoms with van der Waals surface area (Å²) in [5.74, 6) is -0.212. The largest absolute Gasteiger partial charge is 0.417 e. The zero-order valence-corrected chi connectivity index (χ0v) is 12.3. The lowest BCUT2D eigenvalue weighted by Crippen LogP contribution is -2.36. The molecule has 0 saturated carbocycles. The highest BCUT2D eigenvalue weighted by Crippen LogP contribution is 2.36. The molecule has 0 heterocycles. The summed E-state index contributed by atoms with van der Waals surface area (Å²) in [5, 5.41) is 2.75. The molecule has 0 aliphatic carbocycles. The molecule has 0 radical (unpaired) electrons. The molecule has 7 heteroatoms. The first-order valence-corrected chi connectivity index (χ1v) is 6.26. The van der Waals surface area contributed by atoms with Gasteiger partial charge in [-0.1, -0.05) is 15.9 Å². The molecule has 1 amide bonds. The normalized spacial score (nSPS) is 13.0. The minimum Gasteiger partial charge on any atom is -0.374 e. The van der Waals surface area contributed by atoms with Crippen molar-refractivity contribution in [2.75, 3.05) is 19.4 Å². The van der Waals surface area contributed by atoms with Crippen molar-refractivity contribution in [2.24, 2.45) is 0 Å². The fraction of sp³-hybridized carbons (Fsp3) is 0.417. The Hall–Kier alpha value is -1.24. The first-order valence-electron chi connectivity index (χ1n) is 5.47. The highest BCUT2D eigenvalue weighted by atomic mass is 79.9. The van der Waals surface area contributed by atoms with Crippen molar-refractivity contribution in [3.63, 3.8) is 0 Å². The smallest absolute Gasteiger partial charge is 0.374 e. The summed E-state index contributed by atoms with van der Waals surface area (Å²) in [6.07, 6.45) is -4.44. The van der Waals surface area contributed by atoms with Gasteiger partial charge in [0, 0.05) is 24.3 Å². The number of hydrogen-bond donors (Lipinski definition) is 1. The number of carbonyl (C=O) groups is 1. The van der Waals surface area contributed by atoms with Crippen LogP contribution in [0.5, 0.6) is 0 Å². The summed E-state index contributed by atoms with van der Waals surface area (Å²) in [7, 11) is 3.17. The first kappa shape index (κ1) is 15.8. The highest BCUT2D eigenvalue weighted by Gasteiger charge is 2.33. The molecule has 0 saturated heterocycles. The monoisotopic (exact) mass is 338 g/mol. The third kappa shape index (κ3) is 4.12. The van der Waals surface area contributed by atoms with Crippen LogP contribution >= 0.6 is 15.9 Å². The lowest BCUT2D eigenvalue weighted by Gasteiger charge is -2.20. The van der Waals surface area contributed by atoms with E-state index in [0.717, 1.165) is 6.07 Å². The van der Waals surface area contributed by atoms with Gasteiger partial charge in [-0.15, -0.1) is 0 Å². The van der Waals surface area contributed by atoms with Crippen molar-refractivity contribution >= 4 is 27.5 Å². The van der Waals surface area contributed by atoms with E-state index in [1.165, 1.54) is 17.0 Å². The number of likely N-dealkylation sites (N-methyl/N-ethyl adjacent to an activating group) is 1. The van der Waals surface area contributed by atoms with E-state index in [0.29, 0.717) is 0 Å². The maximum absolute atomic E-state index is 12.7. The lowest BCUT2D eigenvalue weighted by atomic mass is 10.1. The molecule has 1 rings (SSSR count). The third-order valence-electron chi connectivity index (χ3n) is 2.47. The Morgan fingerprint density at radius 1 is 1.37 bits per heavy atom. The molecule has 1 N–H and O–H groups in total. The van der Waals surface area contributed by atoms with Crippen LogP contribution in [0.4, 0.5) is 18.9 Å². The maximum atomic E-state index is 12.7. The molecular weight excluding hydrogens is 325 g/mol. The summed E-state index contributed by atoms with van der Waals surface area (Å²) < 4.78 is 38.1. The van der Waals surface area contributed by atoms with Crippen molar-refractivity contribution in [1.82, 2.24) is 4.90 Å². The number of halogens is 4. The molecule has 1 atom stereocenters. The van der Waals surface area contributed by atoms with Gasteiger partial charge in [-0.3, -0.25) is 4.79 Å². The second-order valence-electron chi connectivity index (χ2n) is 4.29. The number of anilines is 1. The molecule has 0 aromatic heterocycles. The van der Waals surface area contributed by atoms with Crippen LogP contribution in [-0.4, -0.2) is 30.9 Å². The van der Waals surface area contributed by atoms with E-state index in [1.807, 2.05) is 0 Å². The SMILES string of the molecule is CC(Nc1ccc(Br)c(C(F)(F)F)c1)C(=O)N(C)C. The number of carbonyl (C=O) groups excluding carboxylic acids is 1. The average Bonchev–Trinajstić information content (AvgIpc) is 2.28. The van der Waals surface area contributed by atoms with Crippen molar-refractivity contribution in [3.8, 4) is 0 Å². The second-order valence-corrected chi connectivity index (χ2v) is 5.15. The zero-order chi connectivity index (χ0) is 14.8. The van der Waals surface area contributed by atoms with E-state index in [1.54, 1.807) is 21.0 Å². The summed E-state index contributed by atoms with van der Waals surface area (Å²) in [6, 6.07) is 3.16. The fourth-order valence-corrected chi connectivity index (χ4v) is 2.00. The average molecular weight is 339 g/mol. The highest BCUT2D eigenvalue weighted by molar-refractivity contribution is 9.10. The Balaban J connectivity index is 2.95. The number of rotatable bonds is 3. The van der Waals surface area contributed by atoms with Crippen LogP contribution in [0.1, 0.15) is 12.5 Å². The van der Waals surface area contributed by atoms with E-state index < -0.39 is 17.8 Å². The number of alkyl halides is 3. The molecule has 1 unspecified atom stereocenters. The van der Waals surface area contributed by atoms with Gasteiger partial charge in [-0.25, -0.2) is 0 Å². The van der Waals surface area contributed by atoms with Crippen LogP contribution in [0.15, 0.2) is 22.7 Å². The number of nitrogens with zero attached hydrogens (tertiary/aromatic N) is 1. The number of benzene rings is 1. The van der Waals surface area contributed by atoms with Crippen molar-refractivity contribution in [3.05, 3.63) is 28.2 Å². The van der Waals surface area contributed by atoms with E-state index in [2.05, 4.69) is 21.2 Å². The van der Waals surface area contributed by atoms with E-state index >= 15 is 0 Å². The second kappa shape index (κ2) is 5.81. The van der Waals surface area contributed by atoms with Gasteiger partial charge in [0.25, 0.3) is 0 Å². The Labute approximate surface area is 117 Å².